The van der Waals surface area contributed by atoms with Crippen LogP contribution in [0.4, 0.5) is 0 Å². The molecule has 0 radical (unpaired) electrons. The van der Waals surface area contributed by atoms with Crippen LogP contribution in [0.25, 0.3) is 0 Å². The number of unbranched alkanes of at least 4 members (excludes halogenated alkanes) is 9. The summed E-state index contributed by atoms with van der Waals surface area (Å²) in [5.41, 5.74) is 0. The third-order valence-electron chi connectivity index (χ3n) is 4.76. The molecule has 0 aliphatic carbocycles. The third-order valence-corrected chi connectivity index (χ3v) is 6.33. The van der Waals surface area contributed by atoms with Crippen LogP contribution in [0.3, 0.4) is 0 Å². The minimum atomic E-state index is -5.19. The minimum Gasteiger partial charge on any atom is -0.481 e. The van der Waals surface area contributed by atoms with Gasteiger partial charge in [-0.1, -0.05) is 64.7 Å². The van der Waals surface area contributed by atoms with Gasteiger partial charge in [0, 0.05) is 6.61 Å². The van der Waals surface area contributed by atoms with Gasteiger partial charge in [-0.05, 0) is 13.3 Å². The van der Waals surface area contributed by atoms with E-state index < -0.39 is 39.3 Å². The molecule has 0 aliphatic heterocycles. The van der Waals surface area contributed by atoms with Gasteiger partial charge in [-0.25, -0.2) is 0 Å². The van der Waals surface area contributed by atoms with E-state index in [0.29, 0.717) is 6.42 Å². The van der Waals surface area contributed by atoms with Crippen molar-refractivity contribution >= 4 is 22.1 Å². The topological polar surface area (TPSA) is 138 Å². The number of aliphatic carboxylic acids is 2. The van der Waals surface area contributed by atoms with Gasteiger partial charge in [0.15, 0.2) is 0 Å². The molecule has 0 amide bonds. The Bertz CT molecular complexity index is 546. The van der Waals surface area contributed by atoms with Crippen LogP contribution in [0, 0.1) is 0 Å². The Balaban J connectivity index is 4.31. The summed E-state index contributed by atoms with van der Waals surface area (Å²) >= 11 is 0. The van der Waals surface area contributed by atoms with Crippen LogP contribution in [0.2, 0.25) is 0 Å². The quantitative estimate of drug-likeness (QED) is 0.245. The smallest absolute Gasteiger partial charge is 0.330 e. The lowest BCUT2D eigenvalue weighted by atomic mass is 9.98. The molecule has 0 aliphatic rings. The predicted molar refractivity (Wildman–Crippen MR) is 101 cm³/mol. The molecule has 3 N–H and O–H groups in total. The molecule has 0 aromatic heterocycles. The highest BCUT2D eigenvalue weighted by Crippen LogP contribution is 2.29. The lowest BCUT2D eigenvalue weighted by Gasteiger charge is -2.30. The normalized spacial score (nSPS) is 15.2. The van der Waals surface area contributed by atoms with Crippen molar-refractivity contribution in [3.8, 4) is 0 Å². The molecule has 0 aromatic rings. The second-order valence-electron chi connectivity index (χ2n) is 6.94. The molecule has 0 aromatic carbocycles. The van der Waals surface area contributed by atoms with Gasteiger partial charge >= 0.3 is 11.9 Å². The monoisotopic (exact) mass is 410 g/mol. The van der Waals surface area contributed by atoms with Crippen molar-refractivity contribution in [3.63, 3.8) is 0 Å². The number of hydrogen-bond donors (Lipinski definition) is 3. The van der Waals surface area contributed by atoms with E-state index >= 15 is 0 Å². The molecule has 27 heavy (non-hydrogen) atoms. The average Bonchev–Trinajstić information content (AvgIpc) is 2.55. The van der Waals surface area contributed by atoms with Crippen LogP contribution >= 0.6 is 0 Å². The Morgan fingerprint density at radius 2 is 1.37 bits per heavy atom. The van der Waals surface area contributed by atoms with Gasteiger partial charge in [0.2, 0.25) is 4.75 Å². The van der Waals surface area contributed by atoms with E-state index in [2.05, 4.69) is 6.92 Å². The first kappa shape index (κ1) is 25.8. The fraction of sp³-hybridized carbons (Fsp3) is 0.889. The SMILES string of the molecule is CCCCCCCCCCCCOC(C)C(CC(=O)O)(C(=O)O)S(=O)(=O)O. The highest BCUT2D eigenvalue weighted by molar-refractivity contribution is 7.88. The lowest BCUT2D eigenvalue weighted by molar-refractivity contribution is -0.151. The molecule has 8 nitrogen and oxygen atoms in total. The van der Waals surface area contributed by atoms with Gasteiger partial charge in [0.25, 0.3) is 10.1 Å². The van der Waals surface area contributed by atoms with Gasteiger partial charge in [-0.2, -0.15) is 8.42 Å². The van der Waals surface area contributed by atoms with Gasteiger partial charge < -0.3 is 14.9 Å². The molecule has 0 bridgehead atoms. The van der Waals surface area contributed by atoms with E-state index in [9.17, 15) is 27.7 Å². The highest BCUT2D eigenvalue weighted by Gasteiger charge is 2.57. The second kappa shape index (κ2) is 13.1. The van der Waals surface area contributed by atoms with Crippen molar-refractivity contribution in [2.24, 2.45) is 0 Å². The molecule has 2 unspecified atom stereocenters. The Labute approximate surface area is 162 Å². The number of carboxylic acid groups (broad SMARTS) is 2. The first-order valence-corrected chi connectivity index (χ1v) is 11.1. The van der Waals surface area contributed by atoms with Crippen LogP contribution in [0.5, 0.6) is 0 Å². The molecule has 0 saturated heterocycles. The van der Waals surface area contributed by atoms with Gasteiger partial charge in [0.1, 0.15) is 0 Å². The molecule has 2 atom stereocenters. The van der Waals surface area contributed by atoms with E-state index in [1.165, 1.54) is 38.5 Å². The standard InChI is InChI=1S/C18H34O8S/c1-3-4-5-6-7-8-9-10-11-12-13-26-15(2)18(17(21)22,14-16(19)20)27(23,24)25/h15H,3-14H2,1-2H3,(H,19,20)(H,21,22)(H,23,24,25). The summed E-state index contributed by atoms with van der Waals surface area (Å²) in [6.07, 6.45) is 8.21. The summed E-state index contributed by atoms with van der Waals surface area (Å²) in [5, 5.41) is 18.1. The van der Waals surface area contributed by atoms with E-state index in [-0.39, 0.29) is 6.61 Å². The van der Waals surface area contributed by atoms with E-state index in [1.807, 2.05) is 0 Å². The Kier molecular flexibility index (Phi) is 12.5. The molecule has 160 valence electrons. The van der Waals surface area contributed by atoms with Crippen molar-refractivity contribution in [2.45, 2.75) is 95.3 Å². The molecule has 0 saturated carbocycles. The number of ether oxygens (including phenoxy) is 1. The molecule has 0 fully saturated rings. The van der Waals surface area contributed by atoms with Gasteiger partial charge in [0.05, 0.1) is 12.5 Å². The van der Waals surface area contributed by atoms with E-state index in [0.717, 1.165) is 26.2 Å². The maximum absolute atomic E-state index is 11.6. The summed E-state index contributed by atoms with van der Waals surface area (Å²) < 4.78 is 34.9. The average molecular weight is 411 g/mol. The molecule has 0 rings (SSSR count). The summed E-state index contributed by atoms with van der Waals surface area (Å²) in [7, 11) is -5.19. The van der Waals surface area contributed by atoms with Crippen molar-refractivity contribution in [1.82, 2.24) is 0 Å². The third kappa shape index (κ3) is 9.03. The summed E-state index contributed by atoms with van der Waals surface area (Å²) in [6.45, 7) is 3.43. The zero-order valence-electron chi connectivity index (χ0n) is 16.4. The van der Waals surface area contributed by atoms with Gasteiger partial charge in [-0.3, -0.25) is 14.1 Å². The molecular weight excluding hydrogens is 376 g/mol. The Morgan fingerprint density at radius 3 is 1.74 bits per heavy atom. The van der Waals surface area contributed by atoms with Gasteiger partial charge in [-0.15, -0.1) is 0 Å². The van der Waals surface area contributed by atoms with Crippen LogP contribution < -0.4 is 0 Å². The Morgan fingerprint density at radius 1 is 0.926 bits per heavy atom. The first-order chi connectivity index (χ1) is 12.6. The largest absolute Gasteiger partial charge is 0.481 e. The lowest BCUT2D eigenvalue weighted by Crippen LogP contribution is -2.56. The maximum atomic E-state index is 11.6. The minimum absolute atomic E-state index is 0.0990. The first-order valence-electron chi connectivity index (χ1n) is 9.63. The van der Waals surface area contributed by atoms with Crippen molar-refractivity contribution in [1.29, 1.82) is 0 Å². The number of carbonyl (C=O) groups is 2. The molecule has 9 heteroatoms. The number of hydrogen-bond acceptors (Lipinski definition) is 5. The predicted octanol–water partition coefficient (Wildman–Crippen LogP) is 3.50. The summed E-state index contributed by atoms with van der Waals surface area (Å²) in [6, 6.07) is 0. The summed E-state index contributed by atoms with van der Waals surface area (Å²) in [5.74, 6) is -3.59. The van der Waals surface area contributed by atoms with E-state index in [4.69, 9.17) is 9.84 Å². The molecule has 0 heterocycles. The van der Waals surface area contributed by atoms with Crippen LogP contribution in [0.15, 0.2) is 0 Å². The molecule has 0 spiro atoms. The second-order valence-corrected chi connectivity index (χ2v) is 8.61. The van der Waals surface area contributed by atoms with Crippen LogP contribution in [-0.4, -0.2) is 52.6 Å². The van der Waals surface area contributed by atoms with Crippen molar-refractivity contribution < 1.29 is 37.5 Å². The summed E-state index contributed by atoms with van der Waals surface area (Å²) in [4.78, 5) is 22.4. The van der Waals surface area contributed by atoms with E-state index in [1.54, 1.807) is 0 Å². The number of carboxylic acids is 2. The fourth-order valence-electron chi connectivity index (χ4n) is 3.01. The Hall–Kier alpha value is -1.19. The highest BCUT2D eigenvalue weighted by atomic mass is 32.2. The van der Waals surface area contributed by atoms with Crippen LogP contribution in [-0.2, 0) is 24.4 Å². The van der Waals surface area contributed by atoms with Crippen LogP contribution in [0.1, 0.15) is 84.5 Å². The fourth-order valence-corrected chi connectivity index (χ4v) is 4.03. The molecular formula is C18H34O8S. The zero-order valence-corrected chi connectivity index (χ0v) is 17.2. The van der Waals surface area contributed by atoms with Crippen molar-refractivity contribution in [3.05, 3.63) is 0 Å². The number of rotatable bonds is 17. The maximum Gasteiger partial charge on any atom is 0.330 e. The zero-order chi connectivity index (χ0) is 20.9. The van der Waals surface area contributed by atoms with Crippen molar-refractivity contribution in [2.75, 3.05) is 6.61 Å².